The molecule has 142 valence electrons. The summed E-state index contributed by atoms with van der Waals surface area (Å²) in [5.74, 6) is 0.333. The molecule has 2 heterocycles. The molecule has 1 amide bonds. The zero-order valence-electron chi connectivity index (χ0n) is 16.1. The number of amides is 1. The maximum absolute atomic E-state index is 13.0. The summed E-state index contributed by atoms with van der Waals surface area (Å²) in [4.78, 5) is 23.5. The first-order chi connectivity index (χ1) is 13.0. The fourth-order valence-corrected chi connectivity index (χ4v) is 3.14. The first-order valence-electron chi connectivity index (χ1n) is 9.25. The van der Waals surface area contributed by atoms with Gasteiger partial charge >= 0.3 is 0 Å². The molecule has 0 atom stereocenters. The molecule has 0 aliphatic heterocycles. The summed E-state index contributed by atoms with van der Waals surface area (Å²) in [5.41, 5.74) is 4.16. The monoisotopic (exact) mass is 366 g/mol. The predicted octanol–water partition coefficient (Wildman–Crippen LogP) is 3.03. The second-order valence-electron chi connectivity index (χ2n) is 7.23. The van der Waals surface area contributed by atoms with Crippen molar-refractivity contribution in [3.05, 3.63) is 59.5 Å². The Bertz CT molecular complexity index is 933. The molecule has 0 saturated heterocycles. The average molecular weight is 366 g/mol. The van der Waals surface area contributed by atoms with Gasteiger partial charge in [0.05, 0.1) is 18.5 Å². The highest BCUT2D eigenvalue weighted by atomic mass is 16.3. The third-order valence-electron chi connectivity index (χ3n) is 4.54. The minimum atomic E-state index is -0.153. The lowest BCUT2D eigenvalue weighted by Crippen LogP contribution is -2.33. The summed E-state index contributed by atoms with van der Waals surface area (Å²) in [6.45, 7) is 7.77. The Morgan fingerprint density at radius 3 is 2.74 bits per heavy atom. The Morgan fingerprint density at radius 2 is 2.04 bits per heavy atom. The number of carbonyl (C=O) groups excluding carboxylic acids is 1. The number of pyridine rings is 1. The van der Waals surface area contributed by atoms with E-state index in [9.17, 15) is 9.90 Å². The molecular weight excluding hydrogens is 340 g/mol. The van der Waals surface area contributed by atoms with Crippen LogP contribution in [-0.4, -0.2) is 43.6 Å². The van der Waals surface area contributed by atoms with Crippen molar-refractivity contribution in [3.63, 3.8) is 0 Å². The zero-order valence-corrected chi connectivity index (χ0v) is 16.1. The van der Waals surface area contributed by atoms with E-state index in [1.807, 2.05) is 35.8 Å². The molecule has 2 aromatic heterocycles. The molecule has 27 heavy (non-hydrogen) atoms. The molecule has 0 saturated carbocycles. The van der Waals surface area contributed by atoms with Gasteiger partial charge < -0.3 is 14.6 Å². The predicted molar refractivity (Wildman–Crippen MR) is 105 cm³/mol. The minimum absolute atomic E-state index is 0.0870. The third kappa shape index (κ3) is 4.34. The van der Waals surface area contributed by atoms with E-state index in [1.54, 1.807) is 23.5 Å². The van der Waals surface area contributed by atoms with E-state index >= 15 is 0 Å². The van der Waals surface area contributed by atoms with Crippen molar-refractivity contribution >= 4 is 17.1 Å². The number of aliphatic hydroxyl groups is 1. The van der Waals surface area contributed by atoms with Crippen LogP contribution in [0.1, 0.15) is 35.3 Å². The fraction of sp³-hybridized carbons (Fsp3) is 0.381. The molecule has 0 aliphatic carbocycles. The van der Waals surface area contributed by atoms with E-state index in [0.717, 1.165) is 23.3 Å². The van der Waals surface area contributed by atoms with Gasteiger partial charge in [-0.3, -0.25) is 4.79 Å². The molecule has 0 fully saturated rings. The molecule has 3 rings (SSSR count). The molecule has 0 bridgehead atoms. The summed E-state index contributed by atoms with van der Waals surface area (Å²) < 4.78 is 2.01. The Balaban J connectivity index is 1.86. The number of imidazole rings is 1. The van der Waals surface area contributed by atoms with Gasteiger partial charge in [-0.15, -0.1) is 0 Å². The third-order valence-corrected chi connectivity index (χ3v) is 4.54. The van der Waals surface area contributed by atoms with Gasteiger partial charge in [0.25, 0.3) is 5.91 Å². The van der Waals surface area contributed by atoms with Crippen LogP contribution in [0, 0.1) is 12.8 Å². The highest BCUT2D eigenvalue weighted by molar-refractivity contribution is 5.96. The van der Waals surface area contributed by atoms with E-state index < -0.39 is 0 Å². The van der Waals surface area contributed by atoms with Crippen LogP contribution in [0.4, 0.5) is 0 Å². The SMILES string of the molecule is Cc1ccccc1CN(CCO)C(=O)c1cnc2c(c1)ncn2CC(C)C. The number of aliphatic hydroxyl groups excluding tert-OH is 1. The second kappa shape index (κ2) is 8.31. The van der Waals surface area contributed by atoms with Crippen LogP contribution in [0.15, 0.2) is 42.9 Å². The largest absolute Gasteiger partial charge is 0.395 e. The van der Waals surface area contributed by atoms with Gasteiger partial charge in [-0.2, -0.15) is 0 Å². The quantitative estimate of drug-likeness (QED) is 0.698. The van der Waals surface area contributed by atoms with Gasteiger partial charge in [0.15, 0.2) is 5.65 Å². The van der Waals surface area contributed by atoms with Crippen LogP contribution in [0.5, 0.6) is 0 Å². The lowest BCUT2D eigenvalue weighted by molar-refractivity contribution is 0.0707. The van der Waals surface area contributed by atoms with E-state index in [4.69, 9.17) is 0 Å². The summed E-state index contributed by atoms with van der Waals surface area (Å²) in [7, 11) is 0. The average Bonchev–Trinajstić information content (AvgIpc) is 3.04. The number of hydrogen-bond donors (Lipinski definition) is 1. The molecule has 0 aliphatic rings. The lowest BCUT2D eigenvalue weighted by atomic mass is 10.1. The highest BCUT2D eigenvalue weighted by Crippen LogP contribution is 2.17. The standard InChI is InChI=1S/C21H26N4O2/c1-15(2)12-25-14-23-19-10-18(11-22-20(19)25)21(27)24(8-9-26)13-17-7-5-4-6-16(17)3/h4-7,10-11,14-15,26H,8-9,12-13H2,1-3H3. The molecule has 0 spiro atoms. The number of carbonyl (C=O) groups is 1. The number of rotatable bonds is 7. The Hall–Kier alpha value is -2.73. The van der Waals surface area contributed by atoms with Gasteiger partial charge in [-0.1, -0.05) is 38.1 Å². The van der Waals surface area contributed by atoms with Crippen molar-refractivity contribution in [3.8, 4) is 0 Å². The Morgan fingerprint density at radius 1 is 1.26 bits per heavy atom. The van der Waals surface area contributed by atoms with Crippen LogP contribution >= 0.6 is 0 Å². The first-order valence-corrected chi connectivity index (χ1v) is 9.25. The number of benzene rings is 1. The molecule has 0 unspecified atom stereocenters. The zero-order chi connectivity index (χ0) is 19.4. The molecule has 6 heteroatoms. The van der Waals surface area contributed by atoms with Gasteiger partial charge in [0, 0.05) is 25.8 Å². The molecule has 1 aromatic carbocycles. The van der Waals surface area contributed by atoms with E-state index in [2.05, 4.69) is 23.8 Å². The van der Waals surface area contributed by atoms with Gasteiger partial charge in [-0.25, -0.2) is 9.97 Å². The van der Waals surface area contributed by atoms with Crippen LogP contribution in [0.25, 0.3) is 11.2 Å². The van der Waals surface area contributed by atoms with Crippen molar-refractivity contribution in [2.45, 2.75) is 33.9 Å². The topological polar surface area (TPSA) is 71.2 Å². The van der Waals surface area contributed by atoms with Crippen LogP contribution in [0.3, 0.4) is 0 Å². The van der Waals surface area contributed by atoms with Crippen molar-refractivity contribution in [1.82, 2.24) is 19.4 Å². The van der Waals surface area contributed by atoms with Crippen molar-refractivity contribution in [2.75, 3.05) is 13.2 Å². The van der Waals surface area contributed by atoms with Crippen LogP contribution in [-0.2, 0) is 13.1 Å². The molecule has 0 radical (unpaired) electrons. The second-order valence-corrected chi connectivity index (χ2v) is 7.23. The molecule has 1 N–H and O–H groups in total. The number of hydrogen-bond acceptors (Lipinski definition) is 4. The summed E-state index contributed by atoms with van der Waals surface area (Å²) in [5, 5.41) is 9.41. The summed E-state index contributed by atoms with van der Waals surface area (Å²) >= 11 is 0. The summed E-state index contributed by atoms with van der Waals surface area (Å²) in [6.07, 6.45) is 3.37. The first kappa shape index (κ1) is 19.0. The molecule has 6 nitrogen and oxygen atoms in total. The fourth-order valence-electron chi connectivity index (χ4n) is 3.14. The van der Waals surface area contributed by atoms with Crippen molar-refractivity contribution in [2.24, 2.45) is 5.92 Å². The van der Waals surface area contributed by atoms with Gasteiger partial charge in [-0.05, 0) is 30.0 Å². The number of fused-ring (bicyclic) bond motifs is 1. The maximum Gasteiger partial charge on any atom is 0.255 e. The van der Waals surface area contributed by atoms with Crippen molar-refractivity contribution < 1.29 is 9.90 Å². The number of nitrogens with zero attached hydrogens (tertiary/aromatic N) is 4. The minimum Gasteiger partial charge on any atom is -0.395 e. The van der Waals surface area contributed by atoms with E-state index in [0.29, 0.717) is 23.5 Å². The van der Waals surface area contributed by atoms with Crippen LogP contribution in [0.2, 0.25) is 0 Å². The van der Waals surface area contributed by atoms with Gasteiger partial charge in [0.1, 0.15) is 5.52 Å². The highest BCUT2D eigenvalue weighted by Gasteiger charge is 2.18. The van der Waals surface area contributed by atoms with Gasteiger partial charge in [0.2, 0.25) is 0 Å². The summed E-state index contributed by atoms with van der Waals surface area (Å²) in [6, 6.07) is 9.74. The van der Waals surface area contributed by atoms with E-state index in [1.165, 1.54) is 0 Å². The number of aromatic nitrogens is 3. The Kier molecular flexibility index (Phi) is 5.86. The Labute approximate surface area is 159 Å². The van der Waals surface area contributed by atoms with E-state index in [-0.39, 0.29) is 19.1 Å². The lowest BCUT2D eigenvalue weighted by Gasteiger charge is -2.22. The smallest absolute Gasteiger partial charge is 0.255 e. The normalized spacial score (nSPS) is 11.3. The maximum atomic E-state index is 13.0. The number of aryl methyl sites for hydroxylation is 1. The molecular formula is C21H26N4O2. The van der Waals surface area contributed by atoms with Crippen molar-refractivity contribution in [1.29, 1.82) is 0 Å². The molecule has 3 aromatic rings. The van der Waals surface area contributed by atoms with Crippen LogP contribution < -0.4 is 0 Å².